The molecule has 0 spiro atoms. The van der Waals surface area contributed by atoms with Crippen molar-refractivity contribution in [3.8, 4) is 0 Å². The third-order valence-corrected chi connectivity index (χ3v) is 5.14. The standard InChI is InChI=1S/C19H35N3O4/c1-18(2,13-25-6)15(20)11-16(23)21-17(24)19(3,4)22(5)12-14-7-9-26-10-8-14/h11,14,20,23H,7-10,12-13H2,1-6H3,(H,21,24)/b16-11-,20-15?. The average molecular weight is 370 g/mol. The van der Waals surface area contributed by atoms with Crippen LogP contribution in [0.15, 0.2) is 12.0 Å². The van der Waals surface area contributed by atoms with Crippen molar-refractivity contribution in [2.45, 2.75) is 46.1 Å². The molecule has 0 aromatic carbocycles. The molecule has 0 aromatic rings. The Bertz CT molecular complexity index is 523. The fraction of sp³-hybridized carbons (Fsp3) is 0.789. The highest BCUT2D eigenvalue weighted by Crippen LogP contribution is 2.21. The largest absolute Gasteiger partial charge is 0.494 e. The summed E-state index contributed by atoms with van der Waals surface area (Å²) in [5, 5.41) is 20.7. The van der Waals surface area contributed by atoms with Crippen molar-refractivity contribution < 1.29 is 19.4 Å². The second-order valence-electron chi connectivity index (χ2n) is 8.21. The highest BCUT2D eigenvalue weighted by atomic mass is 16.5. The first-order valence-corrected chi connectivity index (χ1v) is 9.09. The number of aliphatic hydroxyl groups excluding tert-OH is 1. The predicted octanol–water partition coefficient (Wildman–Crippen LogP) is 2.33. The van der Waals surface area contributed by atoms with Gasteiger partial charge >= 0.3 is 0 Å². The molecular formula is C19H35N3O4. The molecular weight excluding hydrogens is 334 g/mol. The first-order valence-electron chi connectivity index (χ1n) is 9.09. The number of ether oxygens (including phenoxy) is 2. The smallest absolute Gasteiger partial charge is 0.246 e. The zero-order chi connectivity index (χ0) is 20.0. The number of hydrogen-bond acceptors (Lipinski definition) is 6. The van der Waals surface area contributed by atoms with Gasteiger partial charge in [-0.05, 0) is 39.7 Å². The Morgan fingerprint density at radius 3 is 2.46 bits per heavy atom. The van der Waals surface area contributed by atoms with E-state index < -0.39 is 11.0 Å². The lowest BCUT2D eigenvalue weighted by atomic mass is 9.88. The van der Waals surface area contributed by atoms with Gasteiger partial charge in [-0.15, -0.1) is 0 Å². The van der Waals surface area contributed by atoms with E-state index in [0.717, 1.165) is 32.6 Å². The summed E-state index contributed by atoms with van der Waals surface area (Å²) in [6, 6.07) is 0. The number of methoxy groups -OCH3 is 1. The van der Waals surface area contributed by atoms with Crippen LogP contribution in [-0.2, 0) is 14.3 Å². The van der Waals surface area contributed by atoms with Gasteiger partial charge in [0.05, 0.1) is 12.1 Å². The quantitative estimate of drug-likeness (QED) is 0.428. The maximum Gasteiger partial charge on any atom is 0.246 e. The Balaban J connectivity index is 2.67. The van der Waals surface area contributed by atoms with Crippen LogP contribution in [0.2, 0.25) is 0 Å². The lowest BCUT2D eigenvalue weighted by Crippen LogP contribution is -2.54. The van der Waals surface area contributed by atoms with Gasteiger partial charge in [-0.25, -0.2) is 0 Å². The normalized spacial score (nSPS) is 17.4. The monoisotopic (exact) mass is 369 g/mol. The molecule has 0 aromatic heterocycles. The second kappa shape index (κ2) is 9.48. The molecule has 0 bridgehead atoms. The Labute approximate surface area is 157 Å². The van der Waals surface area contributed by atoms with E-state index in [1.807, 2.05) is 39.6 Å². The van der Waals surface area contributed by atoms with E-state index in [-0.39, 0.29) is 17.5 Å². The van der Waals surface area contributed by atoms with Gasteiger partial charge in [-0.2, -0.15) is 0 Å². The number of amides is 1. The van der Waals surface area contributed by atoms with Gasteiger partial charge in [0.15, 0.2) is 5.88 Å². The first kappa shape index (κ1) is 22.6. The predicted molar refractivity (Wildman–Crippen MR) is 102 cm³/mol. The molecule has 1 aliphatic heterocycles. The topological polar surface area (TPSA) is 94.9 Å². The van der Waals surface area contributed by atoms with Crippen molar-refractivity contribution >= 4 is 11.6 Å². The summed E-state index contributed by atoms with van der Waals surface area (Å²) in [6.07, 6.45) is 3.27. The molecule has 1 heterocycles. The maximum absolute atomic E-state index is 12.6. The van der Waals surface area contributed by atoms with Gasteiger partial charge in [-0.3, -0.25) is 15.0 Å². The van der Waals surface area contributed by atoms with Crippen LogP contribution in [0.1, 0.15) is 40.5 Å². The SMILES string of the molecule is COCC(C)(C)C(=N)/C=C(\O)NC(=O)C(C)(C)N(C)CC1CCOCC1. The second-order valence-corrected chi connectivity index (χ2v) is 8.21. The van der Waals surface area contributed by atoms with Crippen LogP contribution in [0.3, 0.4) is 0 Å². The van der Waals surface area contributed by atoms with Crippen LogP contribution in [0.25, 0.3) is 0 Å². The number of likely N-dealkylation sites (N-methyl/N-ethyl adjacent to an activating group) is 1. The van der Waals surface area contributed by atoms with Gasteiger partial charge in [0, 0.05) is 44.1 Å². The molecule has 26 heavy (non-hydrogen) atoms. The summed E-state index contributed by atoms with van der Waals surface area (Å²) in [6.45, 7) is 10.0. The molecule has 1 fully saturated rings. The van der Waals surface area contributed by atoms with Crippen molar-refractivity contribution in [3.63, 3.8) is 0 Å². The van der Waals surface area contributed by atoms with Crippen LogP contribution in [0.4, 0.5) is 0 Å². The van der Waals surface area contributed by atoms with E-state index in [4.69, 9.17) is 14.9 Å². The molecule has 7 nitrogen and oxygen atoms in total. The number of carbonyl (C=O) groups excluding carboxylic acids is 1. The summed E-state index contributed by atoms with van der Waals surface area (Å²) in [5.41, 5.74) is -1.15. The van der Waals surface area contributed by atoms with Crippen molar-refractivity contribution in [2.24, 2.45) is 11.3 Å². The summed E-state index contributed by atoms with van der Waals surface area (Å²) in [7, 11) is 3.48. The van der Waals surface area contributed by atoms with E-state index >= 15 is 0 Å². The molecule has 1 aliphatic rings. The van der Waals surface area contributed by atoms with Crippen LogP contribution >= 0.6 is 0 Å². The summed E-state index contributed by atoms with van der Waals surface area (Å²) < 4.78 is 10.5. The van der Waals surface area contributed by atoms with E-state index in [1.165, 1.54) is 6.08 Å². The number of carbonyl (C=O) groups is 1. The van der Waals surface area contributed by atoms with E-state index in [9.17, 15) is 9.90 Å². The molecule has 150 valence electrons. The van der Waals surface area contributed by atoms with Crippen LogP contribution in [0, 0.1) is 16.7 Å². The number of allylic oxidation sites excluding steroid dienone is 1. The average Bonchev–Trinajstić information content (AvgIpc) is 2.55. The number of hydrogen-bond donors (Lipinski definition) is 3. The Morgan fingerprint density at radius 2 is 1.92 bits per heavy atom. The molecule has 1 rings (SSSR count). The van der Waals surface area contributed by atoms with Crippen molar-refractivity contribution in [2.75, 3.05) is 40.5 Å². The summed E-state index contributed by atoms with van der Waals surface area (Å²) >= 11 is 0. The lowest BCUT2D eigenvalue weighted by molar-refractivity contribution is -0.131. The zero-order valence-corrected chi connectivity index (χ0v) is 17.0. The fourth-order valence-electron chi connectivity index (χ4n) is 2.79. The molecule has 0 atom stereocenters. The van der Waals surface area contributed by atoms with E-state index in [2.05, 4.69) is 5.32 Å². The first-order chi connectivity index (χ1) is 12.0. The van der Waals surface area contributed by atoms with Crippen molar-refractivity contribution in [1.29, 1.82) is 5.41 Å². The summed E-state index contributed by atoms with van der Waals surface area (Å²) in [4.78, 5) is 14.6. The summed E-state index contributed by atoms with van der Waals surface area (Å²) in [5.74, 6) is -0.122. The number of aliphatic hydroxyl groups is 1. The van der Waals surface area contributed by atoms with Crippen LogP contribution in [-0.4, -0.2) is 67.7 Å². The minimum Gasteiger partial charge on any atom is -0.494 e. The van der Waals surface area contributed by atoms with E-state index in [0.29, 0.717) is 12.5 Å². The fourth-order valence-corrected chi connectivity index (χ4v) is 2.79. The molecule has 0 aliphatic carbocycles. The lowest BCUT2D eigenvalue weighted by Gasteiger charge is -2.37. The highest BCUT2D eigenvalue weighted by Gasteiger charge is 2.34. The third kappa shape index (κ3) is 6.37. The van der Waals surface area contributed by atoms with Gasteiger partial charge in [0.2, 0.25) is 5.91 Å². The number of nitrogens with zero attached hydrogens (tertiary/aromatic N) is 1. The van der Waals surface area contributed by atoms with Crippen molar-refractivity contribution in [3.05, 3.63) is 12.0 Å². The highest BCUT2D eigenvalue weighted by molar-refractivity contribution is 5.97. The molecule has 1 amide bonds. The minimum absolute atomic E-state index is 0.186. The molecule has 0 unspecified atom stereocenters. The molecule has 1 saturated heterocycles. The Hall–Kier alpha value is -1.44. The van der Waals surface area contributed by atoms with Crippen LogP contribution in [0.5, 0.6) is 0 Å². The van der Waals surface area contributed by atoms with Crippen molar-refractivity contribution in [1.82, 2.24) is 10.2 Å². The Morgan fingerprint density at radius 1 is 1.35 bits per heavy atom. The van der Waals surface area contributed by atoms with Gasteiger partial charge in [0.1, 0.15) is 0 Å². The zero-order valence-electron chi connectivity index (χ0n) is 17.0. The number of nitrogens with one attached hydrogen (secondary N) is 2. The third-order valence-electron chi connectivity index (χ3n) is 5.14. The van der Waals surface area contributed by atoms with Gasteiger partial charge in [-0.1, -0.05) is 13.8 Å². The number of rotatable bonds is 9. The molecule has 7 heteroatoms. The minimum atomic E-state index is -0.787. The van der Waals surface area contributed by atoms with Gasteiger partial charge in [0.25, 0.3) is 0 Å². The maximum atomic E-state index is 12.6. The molecule has 0 radical (unpaired) electrons. The van der Waals surface area contributed by atoms with E-state index in [1.54, 1.807) is 7.11 Å². The molecule has 0 saturated carbocycles. The Kier molecular flexibility index (Phi) is 8.24. The van der Waals surface area contributed by atoms with Crippen LogP contribution < -0.4 is 5.32 Å². The molecule has 3 N–H and O–H groups in total. The van der Waals surface area contributed by atoms with Gasteiger partial charge < -0.3 is 20.0 Å².